The zero-order valence-corrected chi connectivity index (χ0v) is 15.1. The Kier molecular flexibility index (Phi) is 7.57. The molecule has 0 spiro atoms. The van der Waals surface area contributed by atoms with E-state index >= 15 is 0 Å². The number of aliphatic hydroxyl groups is 1. The Morgan fingerprint density at radius 1 is 1.04 bits per heavy atom. The number of rotatable bonds is 10. The molecule has 0 amide bonds. The van der Waals surface area contributed by atoms with E-state index in [0.717, 1.165) is 41.3 Å². The number of hydrogen-bond acceptors (Lipinski definition) is 5. The fraction of sp³-hybridized carbons (Fsp3) is 0.400. The molecule has 0 aromatic heterocycles. The van der Waals surface area contributed by atoms with Crippen LogP contribution in [0.2, 0.25) is 0 Å². The molecule has 2 aromatic rings. The van der Waals surface area contributed by atoms with Crippen molar-refractivity contribution in [3.63, 3.8) is 0 Å². The summed E-state index contributed by atoms with van der Waals surface area (Å²) in [5.74, 6) is 2.24. The van der Waals surface area contributed by atoms with Gasteiger partial charge in [0.1, 0.15) is 18.5 Å². The zero-order chi connectivity index (χ0) is 18.1. The van der Waals surface area contributed by atoms with Crippen molar-refractivity contribution < 1.29 is 19.3 Å². The van der Waals surface area contributed by atoms with Crippen molar-refractivity contribution in [1.82, 2.24) is 5.32 Å². The molecular weight excluding hydrogens is 318 g/mol. The largest absolute Gasteiger partial charge is 0.493 e. The van der Waals surface area contributed by atoms with Crippen LogP contribution >= 0.6 is 0 Å². The maximum Gasteiger partial charge on any atom is 0.160 e. The van der Waals surface area contributed by atoms with E-state index in [4.69, 9.17) is 14.2 Å². The molecule has 0 aliphatic rings. The molecule has 2 rings (SSSR count). The van der Waals surface area contributed by atoms with Gasteiger partial charge in [0.2, 0.25) is 0 Å². The molecular formula is C20H27NO4. The highest BCUT2D eigenvalue weighted by Gasteiger charge is 2.07. The fourth-order valence-electron chi connectivity index (χ4n) is 2.49. The number of benzene rings is 2. The topological polar surface area (TPSA) is 60.0 Å². The normalized spacial score (nSPS) is 11.8. The molecule has 0 aliphatic carbocycles. The Morgan fingerprint density at radius 2 is 1.84 bits per heavy atom. The number of ether oxygens (including phenoxy) is 3. The third-order valence-corrected chi connectivity index (χ3v) is 3.85. The lowest BCUT2D eigenvalue weighted by molar-refractivity contribution is 0.106. The fourth-order valence-corrected chi connectivity index (χ4v) is 2.49. The first-order chi connectivity index (χ1) is 12.1. The Morgan fingerprint density at radius 3 is 2.56 bits per heavy atom. The van der Waals surface area contributed by atoms with Gasteiger partial charge in [0.25, 0.3) is 0 Å². The van der Waals surface area contributed by atoms with Gasteiger partial charge in [-0.2, -0.15) is 0 Å². The van der Waals surface area contributed by atoms with Crippen molar-refractivity contribution in [2.45, 2.75) is 19.4 Å². The lowest BCUT2D eigenvalue weighted by atomic mass is 10.1. The van der Waals surface area contributed by atoms with Crippen molar-refractivity contribution >= 4 is 0 Å². The van der Waals surface area contributed by atoms with Crippen LogP contribution in [0.1, 0.15) is 11.1 Å². The van der Waals surface area contributed by atoms with Gasteiger partial charge in [-0.1, -0.05) is 18.2 Å². The molecule has 0 bridgehead atoms. The van der Waals surface area contributed by atoms with E-state index in [-0.39, 0.29) is 6.61 Å². The number of aliphatic hydroxyl groups excluding tert-OH is 1. The van der Waals surface area contributed by atoms with Crippen LogP contribution in [0.3, 0.4) is 0 Å². The lowest BCUT2D eigenvalue weighted by Crippen LogP contribution is -2.32. The molecule has 136 valence electrons. The van der Waals surface area contributed by atoms with Gasteiger partial charge in [-0.25, -0.2) is 0 Å². The van der Waals surface area contributed by atoms with Gasteiger partial charge < -0.3 is 24.6 Å². The minimum absolute atomic E-state index is 0.271. The Balaban J connectivity index is 1.68. The summed E-state index contributed by atoms with van der Waals surface area (Å²) in [5.41, 5.74) is 2.29. The van der Waals surface area contributed by atoms with E-state index in [1.165, 1.54) is 0 Å². The smallest absolute Gasteiger partial charge is 0.160 e. The maximum absolute atomic E-state index is 10.0. The molecule has 0 radical (unpaired) electrons. The van der Waals surface area contributed by atoms with E-state index in [0.29, 0.717) is 6.54 Å². The van der Waals surface area contributed by atoms with E-state index in [1.54, 1.807) is 14.2 Å². The van der Waals surface area contributed by atoms with Gasteiger partial charge in [0.15, 0.2) is 11.5 Å². The second-order valence-electron chi connectivity index (χ2n) is 5.92. The zero-order valence-electron chi connectivity index (χ0n) is 15.1. The van der Waals surface area contributed by atoms with Gasteiger partial charge in [0.05, 0.1) is 14.2 Å². The first-order valence-corrected chi connectivity index (χ1v) is 8.41. The summed E-state index contributed by atoms with van der Waals surface area (Å²) < 4.78 is 16.1. The number of hydrogen-bond donors (Lipinski definition) is 2. The van der Waals surface area contributed by atoms with Gasteiger partial charge in [0, 0.05) is 6.54 Å². The molecule has 5 nitrogen and oxygen atoms in total. The highest BCUT2D eigenvalue weighted by molar-refractivity contribution is 5.42. The summed E-state index contributed by atoms with van der Waals surface area (Å²) in [4.78, 5) is 0. The number of nitrogens with one attached hydrogen (secondary N) is 1. The maximum atomic E-state index is 10.0. The van der Waals surface area contributed by atoms with Crippen LogP contribution < -0.4 is 19.5 Å². The third kappa shape index (κ3) is 6.29. The highest BCUT2D eigenvalue weighted by Crippen LogP contribution is 2.27. The van der Waals surface area contributed by atoms with Crippen molar-refractivity contribution in [2.24, 2.45) is 0 Å². The standard InChI is InChI=1S/C20H27NO4/c1-15-5-4-6-18(11-15)25-14-17(22)13-21-10-9-16-7-8-19(23-2)20(12-16)24-3/h4-8,11-12,17,21-22H,9-10,13-14H2,1-3H3/t17-/m1/s1. The van der Waals surface area contributed by atoms with Crippen molar-refractivity contribution in [3.05, 3.63) is 53.6 Å². The Bertz CT molecular complexity index is 660. The molecule has 2 aromatic carbocycles. The second kappa shape index (κ2) is 9.91. The summed E-state index contributed by atoms with van der Waals surface area (Å²) in [6.07, 6.45) is 0.289. The first kappa shape index (κ1) is 19.1. The second-order valence-corrected chi connectivity index (χ2v) is 5.92. The number of methoxy groups -OCH3 is 2. The Hall–Kier alpha value is -2.24. The molecule has 0 fully saturated rings. The molecule has 25 heavy (non-hydrogen) atoms. The van der Waals surface area contributed by atoms with Crippen LogP contribution in [0.15, 0.2) is 42.5 Å². The van der Waals surface area contributed by atoms with Crippen molar-refractivity contribution in [2.75, 3.05) is 33.9 Å². The molecule has 0 heterocycles. The van der Waals surface area contributed by atoms with E-state index in [2.05, 4.69) is 5.32 Å². The van der Waals surface area contributed by atoms with Gasteiger partial charge >= 0.3 is 0 Å². The Labute approximate surface area is 149 Å². The SMILES string of the molecule is COc1ccc(CCNC[C@@H](O)COc2cccc(C)c2)cc1OC. The molecule has 5 heteroatoms. The number of aryl methyl sites for hydroxylation is 1. The van der Waals surface area contributed by atoms with Crippen LogP contribution in [-0.2, 0) is 6.42 Å². The molecule has 0 saturated carbocycles. The molecule has 0 unspecified atom stereocenters. The minimum atomic E-state index is -0.550. The predicted molar refractivity (Wildman–Crippen MR) is 98.8 cm³/mol. The summed E-state index contributed by atoms with van der Waals surface area (Å²) >= 11 is 0. The average molecular weight is 345 g/mol. The lowest BCUT2D eigenvalue weighted by Gasteiger charge is -2.14. The van der Waals surface area contributed by atoms with Crippen molar-refractivity contribution in [3.8, 4) is 17.2 Å². The molecule has 2 N–H and O–H groups in total. The first-order valence-electron chi connectivity index (χ1n) is 8.41. The summed E-state index contributed by atoms with van der Waals surface area (Å²) in [6, 6.07) is 13.7. The molecule has 1 atom stereocenters. The molecule has 0 aliphatic heterocycles. The van der Waals surface area contributed by atoms with Crippen LogP contribution in [0, 0.1) is 6.92 Å². The highest BCUT2D eigenvalue weighted by atomic mass is 16.5. The van der Waals surface area contributed by atoms with Gasteiger partial charge in [-0.3, -0.25) is 0 Å². The third-order valence-electron chi connectivity index (χ3n) is 3.85. The van der Waals surface area contributed by atoms with E-state index in [1.807, 2.05) is 49.4 Å². The average Bonchev–Trinajstić information content (AvgIpc) is 2.63. The summed E-state index contributed by atoms with van der Waals surface area (Å²) in [7, 11) is 3.25. The van der Waals surface area contributed by atoms with Crippen LogP contribution in [0.5, 0.6) is 17.2 Å². The van der Waals surface area contributed by atoms with Gasteiger partial charge in [-0.05, 0) is 55.3 Å². The van der Waals surface area contributed by atoms with Crippen LogP contribution in [0.4, 0.5) is 0 Å². The van der Waals surface area contributed by atoms with E-state index < -0.39 is 6.10 Å². The predicted octanol–water partition coefficient (Wildman–Crippen LogP) is 2.58. The molecule has 0 saturated heterocycles. The van der Waals surface area contributed by atoms with Crippen LogP contribution in [0.25, 0.3) is 0 Å². The van der Waals surface area contributed by atoms with Gasteiger partial charge in [-0.15, -0.1) is 0 Å². The van der Waals surface area contributed by atoms with Crippen LogP contribution in [-0.4, -0.2) is 45.1 Å². The summed E-state index contributed by atoms with van der Waals surface area (Å²) in [5, 5.41) is 13.2. The van der Waals surface area contributed by atoms with E-state index in [9.17, 15) is 5.11 Å². The quantitative estimate of drug-likeness (QED) is 0.648. The van der Waals surface area contributed by atoms with Crippen molar-refractivity contribution in [1.29, 1.82) is 0 Å². The monoisotopic (exact) mass is 345 g/mol. The summed E-state index contributed by atoms with van der Waals surface area (Å²) in [6.45, 7) is 3.53. The minimum Gasteiger partial charge on any atom is -0.493 e.